The van der Waals surface area contributed by atoms with Crippen LogP contribution in [0.4, 0.5) is 0 Å². The Kier molecular flexibility index (Phi) is 7.01. The van der Waals surface area contributed by atoms with Crippen LogP contribution < -0.4 is 0 Å². The van der Waals surface area contributed by atoms with E-state index < -0.39 is 29.5 Å². The van der Waals surface area contributed by atoms with Crippen LogP contribution in [-0.4, -0.2) is 42.5 Å². The first-order chi connectivity index (χ1) is 11.0. The molecule has 0 aliphatic rings. The average molecular weight is 397 g/mol. The third-order valence-corrected chi connectivity index (χ3v) is 9.05. The molecule has 1 aromatic rings. The van der Waals surface area contributed by atoms with E-state index in [0.29, 0.717) is 19.3 Å². The van der Waals surface area contributed by atoms with Crippen LogP contribution in [0.3, 0.4) is 0 Å². The fraction of sp³-hybridized carbons (Fsp3) is 0.600. The van der Waals surface area contributed by atoms with E-state index in [1.807, 2.05) is 0 Å². The number of hydrogen-bond donors (Lipinski definition) is 0. The highest BCUT2D eigenvalue weighted by Gasteiger charge is 2.24. The Labute approximate surface area is 145 Å². The van der Waals surface area contributed by atoms with E-state index in [1.54, 1.807) is 20.8 Å². The normalized spacial score (nSPS) is 13.1. The lowest BCUT2D eigenvalue weighted by atomic mass is 10.4. The summed E-state index contributed by atoms with van der Waals surface area (Å²) in [6.45, 7) is 5.05. The van der Waals surface area contributed by atoms with Gasteiger partial charge in [-0.3, -0.25) is 0 Å². The topological polar surface area (TPSA) is 102 Å². The van der Waals surface area contributed by atoms with E-state index >= 15 is 0 Å². The molecule has 0 heterocycles. The zero-order chi connectivity index (χ0) is 18.6. The molecule has 0 spiro atoms. The lowest BCUT2D eigenvalue weighted by Gasteiger charge is -2.11. The van der Waals surface area contributed by atoms with E-state index in [4.69, 9.17) is 0 Å². The van der Waals surface area contributed by atoms with Gasteiger partial charge in [0.15, 0.2) is 29.5 Å². The van der Waals surface area contributed by atoms with Gasteiger partial charge in [-0.2, -0.15) is 0 Å². The van der Waals surface area contributed by atoms with Crippen molar-refractivity contribution in [2.24, 2.45) is 0 Å². The van der Waals surface area contributed by atoms with Gasteiger partial charge in [0, 0.05) is 0 Å². The predicted octanol–water partition coefficient (Wildman–Crippen LogP) is 2.24. The minimum absolute atomic E-state index is 0.169. The van der Waals surface area contributed by atoms with Crippen LogP contribution >= 0.6 is 0 Å². The Hall–Kier alpha value is -0.930. The van der Waals surface area contributed by atoms with Gasteiger partial charge >= 0.3 is 0 Å². The zero-order valence-corrected chi connectivity index (χ0v) is 16.6. The minimum Gasteiger partial charge on any atom is -0.224 e. The second-order valence-corrected chi connectivity index (χ2v) is 11.9. The molecule has 1 rings (SSSR count). The van der Waals surface area contributed by atoms with Gasteiger partial charge in [-0.05, 0) is 37.5 Å². The molecule has 0 aliphatic heterocycles. The second kappa shape index (κ2) is 7.97. The first-order valence-corrected chi connectivity index (χ1v) is 12.8. The van der Waals surface area contributed by atoms with Crippen molar-refractivity contribution in [1.29, 1.82) is 0 Å². The van der Waals surface area contributed by atoms with Gasteiger partial charge in [-0.15, -0.1) is 0 Å². The predicted molar refractivity (Wildman–Crippen MR) is 93.5 cm³/mol. The van der Waals surface area contributed by atoms with Crippen LogP contribution in [0.25, 0.3) is 0 Å². The van der Waals surface area contributed by atoms with Gasteiger partial charge in [0.2, 0.25) is 0 Å². The molecule has 0 aromatic heterocycles. The molecule has 0 N–H and O–H groups in total. The Morgan fingerprint density at radius 2 is 0.750 bits per heavy atom. The maximum Gasteiger partial charge on any atom is 0.178 e. The highest BCUT2D eigenvalue weighted by molar-refractivity contribution is 7.93. The van der Waals surface area contributed by atoms with Crippen molar-refractivity contribution in [2.75, 3.05) is 17.3 Å². The SMILES string of the molecule is CCCS(=O)(=O)c1cc(S(=O)(=O)CCC)cc(S(=O)(=O)CCC)c1. The first kappa shape index (κ1) is 21.1. The molecule has 24 heavy (non-hydrogen) atoms. The van der Waals surface area contributed by atoms with Crippen LogP contribution in [0, 0.1) is 0 Å². The molecule has 0 saturated carbocycles. The highest BCUT2D eigenvalue weighted by atomic mass is 32.2. The molecule has 0 amide bonds. The number of benzene rings is 1. The Balaban J connectivity index is 3.70. The lowest BCUT2D eigenvalue weighted by Crippen LogP contribution is -2.13. The molecule has 0 bridgehead atoms. The third-order valence-electron chi connectivity index (χ3n) is 3.35. The van der Waals surface area contributed by atoms with Crippen molar-refractivity contribution in [1.82, 2.24) is 0 Å². The fourth-order valence-corrected chi connectivity index (χ4v) is 6.63. The van der Waals surface area contributed by atoms with Crippen molar-refractivity contribution in [2.45, 2.75) is 54.7 Å². The van der Waals surface area contributed by atoms with Crippen LogP contribution in [0.1, 0.15) is 40.0 Å². The highest BCUT2D eigenvalue weighted by Crippen LogP contribution is 2.25. The summed E-state index contributed by atoms with van der Waals surface area (Å²) in [5, 5.41) is 0. The average Bonchev–Trinajstić information content (AvgIpc) is 2.46. The van der Waals surface area contributed by atoms with E-state index in [9.17, 15) is 25.3 Å². The van der Waals surface area contributed by atoms with E-state index in [2.05, 4.69) is 0 Å². The van der Waals surface area contributed by atoms with Gasteiger partial charge in [0.25, 0.3) is 0 Å². The van der Waals surface area contributed by atoms with Crippen molar-refractivity contribution >= 4 is 29.5 Å². The summed E-state index contributed by atoms with van der Waals surface area (Å²) in [7, 11) is -11.2. The first-order valence-electron chi connectivity index (χ1n) is 7.83. The summed E-state index contributed by atoms with van der Waals surface area (Å²) < 4.78 is 73.9. The molecular formula is C15H24O6S3. The van der Waals surface area contributed by atoms with E-state index in [0.717, 1.165) is 18.2 Å². The van der Waals surface area contributed by atoms with Crippen LogP contribution in [-0.2, 0) is 29.5 Å². The van der Waals surface area contributed by atoms with Gasteiger partial charge < -0.3 is 0 Å². The molecule has 138 valence electrons. The van der Waals surface area contributed by atoms with Gasteiger partial charge in [0.05, 0.1) is 31.9 Å². The smallest absolute Gasteiger partial charge is 0.178 e. The van der Waals surface area contributed by atoms with Crippen molar-refractivity contribution < 1.29 is 25.3 Å². The van der Waals surface area contributed by atoms with Crippen molar-refractivity contribution in [3.63, 3.8) is 0 Å². The summed E-state index contributed by atoms with van der Waals surface area (Å²) in [6.07, 6.45) is 1.06. The molecule has 0 fully saturated rings. The number of hydrogen-bond acceptors (Lipinski definition) is 6. The second-order valence-electron chi connectivity index (χ2n) is 5.60. The Morgan fingerprint density at radius 3 is 0.917 bits per heavy atom. The molecule has 0 radical (unpaired) electrons. The van der Waals surface area contributed by atoms with Crippen molar-refractivity contribution in [3.05, 3.63) is 18.2 Å². The lowest BCUT2D eigenvalue weighted by molar-refractivity contribution is 0.590. The number of rotatable bonds is 9. The van der Waals surface area contributed by atoms with Crippen LogP contribution in [0.15, 0.2) is 32.9 Å². The molecule has 0 unspecified atom stereocenters. The third kappa shape index (κ3) is 5.03. The van der Waals surface area contributed by atoms with Gasteiger partial charge in [0.1, 0.15) is 0 Å². The molecule has 0 aliphatic carbocycles. The molecule has 0 atom stereocenters. The zero-order valence-electron chi connectivity index (χ0n) is 14.1. The molecule has 6 nitrogen and oxygen atoms in total. The summed E-state index contributed by atoms with van der Waals surface area (Å²) >= 11 is 0. The minimum atomic E-state index is -3.73. The Morgan fingerprint density at radius 1 is 0.542 bits per heavy atom. The summed E-state index contributed by atoms with van der Waals surface area (Å²) in [5.74, 6) is -0.507. The summed E-state index contributed by atoms with van der Waals surface area (Å²) in [6, 6.07) is 3.21. The molecule has 0 saturated heterocycles. The van der Waals surface area contributed by atoms with Gasteiger partial charge in [-0.25, -0.2) is 25.3 Å². The van der Waals surface area contributed by atoms with Crippen LogP contribution in [0.5, 0.6) is 0 Å². The molecule has 9 heteroatoms. The molecular weight excluding hydrogens is 372 g/mol. The summed E-state index contributed by atoms with van der Waals surface area (Å²) in [4.78, 5) is -0.761. The van der Waals surface area contributed by atoms with Gasteiger partial charge in [-0.1, -0.05) is 20.8 Å². The maximum absolute atomic E-state index is 12.3. The van der Waals surface area contributed by atoms with Crippen molar-refractivity contribution in [3.8, 4) is 0 Å². The standard InChI is InChI=1S/C15H24O6S3/c1-4-7-22(16,17)13-10-14(23(18,19)8-5-2)12-15(11-13)24(20,21)9-6-3/h10-12H,4-9H2,1-3H3. The number of sulfone groups is 3. The Bertz CT molecular complexity index is 750. The quantitative estimate of drug-likeness (QED) is 0.634. The van der Waals surface area contributed by atoms with Crippen LogP contribution in [0.2, 0.25) is 0 Å². The monoisotopic (exact) mass is 396 g/mol. The summed E-state index contributed by atoms with van der Waals surface area (Å²) in [5.41, 5.74) is 0. The van der Waals surface area contributed by atoms with E-state index in [1.165, 1.54) is 0 Å². The van der Waals surface area contributed by atoms with E-state index in [-0.39, 0.29) is 31.9 Å². The molecule has 1 aromatic carbocycles. The largest absolute Gasteiger partial charge is 0.224 e. The maximum atomic E-state index is 12.3. The fourth-order valence-electron chi connectivity index (χ4n) is 2.24.